The molecule has 10 nitrogen and oxygen atoms in total. The second-order valence-electron chi connectivity index (χ2n) is 29.4. The van der Waals surface area contributed by atoms with Gasteiger partial charge in [0.2, 0.25) is 0 Å². The first-order valence-electron chi connectivity index (χ1n) is 34.3. The Balaban J connectivity index is 0.901. The molecule has 2 aliphatic carbocycles. The number of allylic oxidation sites excluding steroid dienone is 2. The molecular formula is C78H108F2N4O6. The van der Waals surface area contributed by atoms with E-state index in [1.54, 1.807) is 24.3 Å². The standard InChI is InChI=1S/C78H108F2N4O6/c1-12-15-19-56(38-50(4)22-28-59-49-82-53(7)39-60(59)46-72(88)70-47-78(10,11)74-69(70)45-62(76(90)84-74)41-55-25-31-64(80)32-26-55)43-66(86)34-33-65(85)21-16-20-58(51(5)17-13-2)42-57(48-81-52(6)18-14-3)27-35-71(87)67-36-37-77(8,9)73-68(67)44-61(75(89)83-73)40-54-23-29-63(79)30-24-54/h12-14,23-26,29-32,44-45,50-53,56-60,67,70,81-82H,1-3,15-22,27-28,33-43,46-49H2,4-11H3,(H,83,89)(H,84,90)/t50-,51+,52+,53+,56?,57-,58?,59-,60?,67?,70?/m0/s1. The summed E-state index contributed by atoms with van der Waals surface area (Å²) in [6.45, 7) is 31.0. The number of ketones is 4. The Morgan fingerprint density at radius 2 is 1.28 bits per heavy atom. The van der Waals surface area contributed by atoms with Crippen molar-refractivity contribution in [1.82, 2.24) is 20.6 Å². The quantitative estimate of drug-likeness (QED) is 0.0323. The van der Waals surface area contributed by atoms with Crippen LogP contribution in [0, 0.1) is 53.1 Å². The van der Waals surface area contributed by atoms with Crippen molar-refractivity contribution in [3.63, 3.8) is 0 Å². The largest absolute Gasteiger partial charge is 0.325 e. The van der Waals surface area contributed by atoms with Gasteiger partial charge >= 0.3 is 0 Å². The number of hydrogen-bond donors (Lipinski definition) is 4. The average Bonchev–Trinajstić information content (AvgIpc) is 1.43. The molecule has 0 amide bonds. The number of piperidine rings is 1. The SMILES string of the molecule is C=CCCC(CC(=O)CCC(=O)CCCC(C[C@H](CCC(=O)C1CCC(C)(C)c2[nH]c(=O)c(Cc3ccc(F)cc3)cc21)CN[C@H](C)CC=C)[C@H](C)CC=C)C[C@@H](C)CC[C@H]1CN[C@H](C)CC1CC(=O)C1CC(C)(C)c2[nH]c(=O)c(Cc3ccc(F)cc3)cc21. The zero-order valence-electron chi connectivity index (χ0n) is 55.9. The van der Waals surface area contributed by atoms with Crippen LogP contribution in [-0.2, 0) is 42.8 Å². The predicted molar refractivity (Wildman–Crippen MR) is 362 cm³/mol. The molecule has 4 aromatic rings. The van der Waals surface area contributed by atoms with Crippen LogP contribution in [0.1, 0.15) is 247 Å². The lowest BCUT2D eigenvalue weighted by Crippen LogP contribution is -2.43. The Morgan fingerprint density at radius 1 is 0.678 bits per heavy atom. The summed E-state index contributed by atoms with van der Waals surface area (Å²) in [6.07, 6.45) is 21.4. The number of carbonyl (C=O) groups is 4. The van der Waals surface area contributed by atoms with Gasteiger partial charge in [0, 0.05) is 109 Å². The Morgan fingerprint density at radius 3 is 1.89 bits per heavy atom. The van der Waals surface area contributed by atoms with Crippen molar-refractivity contribution in [2.24, 2.45) is 41.4 Å². The van der Waals surface area contributed by atoms with Crippen LogP contribution in [0.15, 0.2) is 108 Å². The number of nitrogens with one attached hydrogen (secondary N) is 4. The molecule has 2 aromatic heterocycles. The molecule has 4 N–H and O–H groups in total. The molecule has 7 rings (SSSR count). The van der Waals surface area contributed by atoms with Gasteiger partial charge in [0.1, 0.15) is 34.8 Å². The fourth-order valence-electron chi connectivity index (χ4n) is 15.4. The molecule has 490 valence electrons. The van der Waals surface area contributed by atoms with Crippen LogP contribution in [-0.4, -0.2) is 58.3 Å². The van der Waals surface area contributed by atoms with Crippen LogP contribution in [0.5, 0.6) is 0 Å². The molecule has 3 aliphatic rings. The number of aromatic nitrogens is 2. The number of carbonyl (C=O) groups excluding carboxylic acids is 4. The predicted octanol–water partition coefficient (Wildman–Crippen LogP) is 16.3. The Bertz CT molecular complexity index is 3190. The molecule has 0 bridgehead atoms. The van der Waals surface area contributed by atoms with E-state index in [0.29, 0.717) is 98.6 Å². The lowest BCUT2D eigenvalue weighted by Gasteiger charge is -2.37. The van der Waals surface area contributed by atoms with Gasteiger partial charge in [-0.2, -0.15) is 0 Å². The number of halogens is 2. The van der Waals surface area contributed by atoms with Crippen LogP contribution >= 0.6 is 0 Å². The van der Waals surface area contributed by atoms with E-state index < -0.39 is 0 Å². The van der Waals surface area contributed by atoms with Crippen LogP contribution in [0.2, 0.25) is 0 Å². The molecule has 11 atom stereocenters. The first-order chi connectivity index (χ1) is 42.9. The van der Waals surface area contributed by atoms with E-state index in [1.165, 1.54) is 24.3 Å². The minimum atomic E-state index is -0.355. The first kappa shape index (κ1) is 71.5. The van der Waals surface area contributed by atoms with Crippen molar-refractivity contribution in [3.05, 3.63) is 176 Å². The maximum Gasteiger partial charge on any atom is 0.251 e. The van der Waals surface area contributed by atoms with E-state index in [2.05, 4.69) is 95.7 Å². The zero-order valence-corrected chi connectivity index (χ0v) is 55.9. The van der Waals surface area contributed by atoms with E-state index in [1.807, 2.05) is 30.4 Å². The van der Waals surface area contributed by atoms with E-state index in [0.717, 1.165) is 124 Å². The molecule has 0 radical (unpaired) electrons. The summed E-state index contributed by atoms with van der Waals surface area (Å²) in [7, 11) is 0. The van der Waals surface area contributed by atoms with Crippen LogP contribution in [0.3, 0.4) is 0 Å². The zero-order chi connectivity index (χ0) is 65.3. The highest BCUT2D eigenvalue weighted by Crippen LogP contribution is 2.47. The minimum absolute atomic E-state index is 0.125. The molecule has 3 heterocycles. The normalized spacial score (nSPS) is 21.2. The third-order valence-corrected chi connectivity index (χ3v) is 20.9. The number of pyridine rings is 2. The van der Waals surface area contributed by atoms with E-state index in [9.17, 15) is 37.5 Å². The maximum absolute atomic E-state index is 14.5. The summed E-state index contributed by atoms with van der Waals surface area (Å²) in [5, 5.41) is 7.43. The molecule has 90 heavy (non-hydrogen) atoms. The Kier molecular flexibility index (Phi) is 26.6. The molecule has 5 unspecified atom stereocenters. The molecule has 2 aromatic carbocycles. The molecule has 1 aliphatic heterocycles. The second-order valence-corrected chi connectivity index (χ2v) is 29.4. The van der Waals surface area contributed by atoms with Gasteiger partial charge in [0.15, 0.2) is 0 Å². The van der Waals surface area contributed by atoms with Crippen LogP contribution < -0.4 is 21.8 Å². The van der Waals surface area contributed by atoms with Crippen molar-refractivity contribution in [2.75, 3.05) is 13.1 Å². The molecule has 1 fully saturated rings. The molecule has 0 spiro atoms. The maximum atomic E-state index is 14.5. The van der Waals surface area contributed by atoms with Gasteiger partial charge in [0.05, 0.1) is 0 Å². The summed E-state index contributed by atoms with van der Waals surface area (Å²) in [5.41, 5.74) is 5.34. The third-order valence-electron chi connectivity index (χ3n) is 20.9. The highest BCUT2D eigenvalue weighted by atomic mass is 19.1. The number of benzene rings is 2. The van der Waals surface area contributed by atoms with Gasteiger partial charge in [-0.1, -0.05) is 90.5 Å². The summed E-state index contributed by atoms with van der Waals surface area (Å²) in [5.74, 6) is 1.37. The van der Waals surface area contributed by atoms with Crippen LogP contribution in [0.4, 0.5) is 8.78 Å². The van der Waals surface area contributed by atoms with Crippen molar-refractivity contribution in [2.45, 2.75) is 238 Å². The number of H-pyrrole nitrogens is 2. The summed E-state index contributed by atoms with van der Waals surface area (Å²) in [6, 6.07) is 16.8. The highest BCUT2D eigenvalue weighted by molar-refractivity contribution is 5.88. The van der Waals surface area contributed by atoms with Gasteiger partial charge in [0.25, 0.3) is 11.1 Å². The monoisotopic (exact) mass is 1230 g/mol. The first-order valence-corrected chi connectivity index (χ1v) is 34.3. The van der Waals surface area contributed by atoms with Crippen molar-refractivity contribution in [3.8, 4) is 0 Å². The number of aromatic amines is 2. The van der Waals surface area contributed by atoms with Crippen molar-refractivity contribution >= 4 is 23.1 Å². The van der Waals surface area contributed by atoms with E-state index >= 15 is 0 Å². The minimum Gasteiger partial charge on any atom is -0.325 e. The summed E-state index contributed by atoms with van der Waals surface area (Å²) >= 11 is 0. The highest BCUT2D eigenvalue weighted by Gasteiger charge is 2.43. The lowest BCUT2D eigenvalue weighted by molar-refractivity contribution is -0.125. The van der Waals surface area contributed by atoms with Crippen molar-refractivity contribution < 1.29 is 28.0 Å². The Hall–Kier alpha value is -5.98. The lowest BCUT2D eigenvalue weighted by atomic mass is 9.69. The fraction of sp³-hybridized carbons (Fsp3) is 0.590. The average molecular weight is 1240 g/mol. The van der Waals surface area contributed by atoms with Crippen molar-refractivity contribution in [1.29, 1.82) is 0 Å². The molecular weight excluding hydrogens is 1130 g/mol. The summed E-state index contributed by atoms with van der Waals surface area (Å²) in [4.78, 5) is 89.5. The topological polar surface area (TPSA) is 158 Å². The number of rotatable bonds is 38. The van der Waals surface area contributed by atoms with Crippen LogP contribution in [0.25, 0.3) is 0 Å². The number of fused-ring (bicyclic) bond motifs is 2. The van der Waals surface area contributed by atoms with Gasteiger partial charge in [-0.15, -0.1) is 19.7 Å². The number of hydrogen-bond acceptors (Lipinski definition) is 8. The molecule has 12 heteroatoms. The van der Waals surface area contributed by atoms with Gasteiger partial charge < -0.3 is 20.6 Å². The smallest absolute Gasteiger partial charge is 0.251 e. The fourth-order valence-corrected chi connectivity index (χ4v) is 15.4. The van der Waals surface area contributed by atoms with Gasteiger partial charge in [-0.25, -0.2) is 8.78 Å². The van der Waals surface area contributed by atoms with E-state index in [-0.39, 0.29) is 105 Å². The number of Topliss-reactive ketones (excluding diaryl/α,β-unsaturated/α-hetero) is 4. The molecule has 1 saturated heterocycles. The van der Waals surface area contributed by atoms with Gasteiger partial charge in [-0.05, 0) is 217 Å². The summed E-state index contributed by atoms with van der Waals surface area (Å²) < 4.78 is 27.5. The molecule has 0 saturated carbocycles. The second kappa shape index (κ2) is 33.6. The van der Waals surface area contributed by atoms with Gasteiger partial charge in [-0.3, -0.25) is 28.8 Å². The van der Waals surface area contributed by atoms with E-state index in [4.69, 9.17) is 0 Å². The Labute approximate surface area is 537 Å². The third kappa shape index (κ3) is 20.5.